The number of nitrogens with one attached hydrogen (secondary N) is 1. The number of carbonyl (C=O) groups excluding carboxylic acids is 1. The van der Waals surface area contributed by atoms with E-state index < -0.39 is 0 Å². The lowest BCUT2D eigenvalue weighted by Gasteiger charge is -2.10. The fourth-order valence-corrected chi connectivity index (χ4v) is 2.39. The van der Waals surface area contributed by atoms with E-state index in [0.717, 1.165) is 22.4 Å². The average molecular weight is 321 g/mol. The average Bonchev–Trinajstić information content (AvgIpc) is 2.63. The van der Waals surface area contributed by atoms with Gasteiger partial charge in [0.25, 0.3) is 0 Å². The zero-order valence-electron chi connectivity index (χ0n) is 12.9. The quantitative estimate of drug-likeness (QED) is 0.785. The van der Waals surface area contributed by atoms with Crippen LogP contribution in [0.4, 0.5) is 4.39 Å². The maximum atomic E-state index is 12.9. The Balaban J connectivity index is 1.66. The molecule has 24 heavy (non-hydrogen) atoms. The smallest absolute Gasteiger partial charge is 0.224 e. The van der Waals surface area contributed by atoms with E-state index in [1.165, 1.54) is 12.1 Å². The predicted octanol–water partition coefficient (Wildman–Crippen LogP) is 3.14. The van der Waals surface area contributed by atoms with Gasteiger partial charge in [0.2, 0.25) is 5.91 Å². The molecule has 0 bridgehead atoms. The van der Waals surface area contributed by atoms with Crippen LogP contribution in [0.3, 0.4) is 0 Å². The van der Waals surface area contributed by atoms with Crippen LogP contribution >= 0.6 is 0 Å². The SMILES string of the molecule is O=C(Cc1ccc(F)cc1)NCc1cccnc1-c1ccncc1. The van der Waals surface area contributed by atoms with Crippen LogP contribution < -0.4 is 5.32 Å². The summed E-state index contributed by atoms with van der Waals surface area (Å²) < 4.78 is 12.9. The summed E-state index contributed by atoms with van der Waals surface area (Å²) in [6.07, 6.45) is 5.35. The maximum absolute atomic E-state index is 12.9. The molecule has 0 aliphatic carbocycles. The minimum atomic E-state index is -0.309. The molecule has 0 saturated heterocycles. The van der Waals surface area contributed by atoms with Crippen LogP contribution in [0.5, 0.6) is 0 Å². The molecule has 0 aliphatic heterocycles. The summed E-state index contributed by atoms with van der Waals surface area (Å²) in [6, 6.07) is 13.5. The minimum absolute atomic E-state index is 0.119. The number of benzene rings is 1. The molecular formula is C19H16FN3O. The molecule has 4 nitrogen and oxygen atoms in total. The van der Waals surface area contributed by atoms with Gasteiger partial charge in [-0.15, -0.1) is 0 Å². The molecule has 0 atom stereocenters. The fraction of sp³-hybridized carbons (Fsp3) is 0.105. The summed E-state index contributed by atoms with van der Waals surface area (Å²) in [5.74, 6) is -0.428. The highest BCUT2D eigenvalue weighted by molar-refractivity contribution is 5.78. The van der Waals surface area contributed by atoms with Gasteiger partial charge in [0.1, 0.15) is 5.82 Å². The van der Waals surface area contributed by atoms with Gasteiger partial charge in [-0.1, -0.05) is 18.2 Å². The molecule has 0 spiro atoms. The predicted molar refractivity (Wildman–Crippen MR) is 89.4 cm³/mol. The van der Waals surface area contributed by atoms with E-state index in [-0.39, 0.29) is 18.1 Å². The second kappa shape index (κ2) is 7.46. The Kier molecular flexibility index (Phi) is 4.91. The first kappa shape index (κ1) is 15.8. The number of nitrogens with zero attached hydrogens (tertiary/aromatic N) is 2. The van der Waals surface area contributed by atoms with Gasteiger partial charge < -0.3 is 5.32 Å². The molecule has 0 unspecified atom stereocenters. The molecule has 2 aromatic heterocycles. The molecule has 2 heterocycles. The van der Waals surface area contributed by atoms with Crippen LogP contribution in [-0.2, 0) is 17.8 Å². The van der Waals surface area contributed by atoms with Crippen molar-refractivity contribution in [1.29, 1.82) is 0 Å². The van der Waals surface area contributed by atoms with Gasteiger partial charge in [-0.05, 0) is 41.5 Å². The fourth-order valence-electron chi connectivity index (χ4n) is 2.39. The van der Waals surface area contributed by atoms with E-state index in [0.29, 0.717) is 6.54 Å². The van der Waals surface area contributed by atoms with Crippen LogP contribution in [0.25, 0.3) is 11.3 Å². The molecule has 1 aromatic carbocycles. The molecular weight excluding hydrogens is 305 g/mol. The number of pyridine rings is 2. The van der Waals surface area contributed by atoms with Gasteiger partial charge in [0, 0.05) is 30.7 Å². The van der Waals surface area contributed by atoms with Gasteiger partial charge in [-0.25, -0.2) is 4.39 Å². The summed E-state index contributed by atoms with van der Waals surface area (Å²) in [6.45, 7) is 0.380. The van der Waals surface area contributed by atoms with Crippen molar-refractivity contribution in [3.63, 3.8) is 0 Å². The summed E-state index contributed by atoms with van der Waals surface area (Å²) in [5.41, 5.74) is 3.47. The van der Waals surface area contributed by atoms with Gasteiger partial charge in [0.05, 0.1) is 12.1 Å². The van der Waals surface area contributed by atoms with E-state index in [4.69, 9.17) is 0 Å². The van der Waals surface area contributed by atoms with Gasteiger partial charge in [-0.2, -0.15) is 0 Å². The largest absolute Gasteiger partial charge is 0.352 e. The van der Waals surface area contributed by atoms with Crippen molar-refractivity contribution in [3.8, 4) is 11.3 Å². The molecule has 3 rings (SSSR count). The van der Waals surface area contributed by atoms with Crippen LogP contribution in [0.2, 0.25) is 0 Å². The van der Waals surface area contributed by atoms with Crippen LogP contribution in [0.1, 0.15) is 11.1 Å². The van der Waals surface area contributed by atoms with Crippen LogP contribution in [0, 0.1) is 5.82 Å². The van der Waals surface area contributed by atoms with Gasteiger partial charge in [-0.3, -0.25) is 14.8 Å². The second-order valence-corrected chi connectivity index (χ2v) is 5.33. The molecule has 0 saturated carbocycles. The lowest BCUT2D eigenvalue weighted by Crippen LogP contribution is -2.25. The maximum Gasteiger partial charge on any atom is 0.224 e. The molecule has 0 fully saturated rings. The first-order valence-electron chi connectivity index (χ1n) is 7.58. The molecule has 3 aromatic rings. The molecule has 1 N–H and O–H groups in total. The highest BCUT2D eigenvalue weighted by atomic mass is 19.1. The van der Waals surface area contributed by atoms with E-state index in [1.807, 2.05) is 24.3 Å². The first-order valence-corrected chi connectivity index (χ1v) is 7.58. The lowest BCUT2D eigenvalue weighted by molar-refractivity contribution is -0.120. The third kappa shape index (κ3) is 4.01. The zero-order chi connectivity index (χ0) is 16.8. The highest BCUT2D eigenvalue weighted by Crippen LogP contribution is 2.20. The van der Waals surface area contributed by atoms with E-state index >= 15 is 0 Å². The van der Waals surface area contributed by atoms with E-state index in [2.05, 4.69) is 15.3 Å². The summed E-state index contributed by atoms with van der Waals surface area (Å²) >= 11 is 0. The van der Waals surface area contributed by atoms with Crippen molar-refractivity contribution < 1.29 is 9.18 Å². The zero-order valence-corrected chi connectivity index (χ0v) is 12.9. The third-order valence-corrected chi connectivity index (χ3v) is 3.60. The van der Waals surface area contributed by atoms with Crippen molar-refractivity contribution in [3.05, 3.63) is 84.1 Å². The standard InChI is InChI=1S/C19H16FN3O/c20-17-5-3-14(4-6-17)12-18(24)23-13-16-2-1-9-22-19(16)15-7-10-21-11-8-15/h1-11H,12-13H2,(H,23,24). The Hall–Kier alpha value is -3.08. The highest BCUT2D eigenvalue weighted by Gasteiger charge is 2.08. The second-order valence-electron chi connectivity index (χ2n) is 5.33. The summed E-state index contributed by atoms with van der Waals surface area (Å²) in [5, 5.41) is 2.88. The molecule has 1 amide bonds. The van der Waals surface area contributed by atoms with Crippen LogP contribution in [0.15, 0.2) is 67.1 Å². The van der Waals surface area contributed by atoms with Crippen molar-refractivity contribution >= 4 is 5.91 Å². The third-order valence-electron chi connectivity index (χ3n) is 3.60. The van der Waals surface area contributed by atoms with Gasteiger partial charge in [0.15, 0.2) is 0 Å². The Morgan fingerprint density at radius 2 is 1.75 bits per heavy atom. The van der Waals surface area contributed by atoms with E-state index in [1.54, 1.807) is 30.7 Å². The van der Waals surface area contributed by atoms with Crippen LogP contribution in [-0.4, -0.2) is 15.9 Å². The Morgan fingerprint density at radius 1 is 1.00 bits per heavy atom. The number of halogens is 1. The topological polar surface area (TPSA) is 54.9 Å². The molecule has 0 radical (unpaired) electrons. The minimum Gasteiger partial charge on any atom is -0.352 e. The number of hydrogen-bond acceptors (Lipinski definition) is 3. The van der Waals surface area contributed by atoms with Crippen molar-refractivity contribution in [2.24, 2.45) is 0 Å². The Bertz CT molecular complexity index is 820. The number of aromatic nitrogens is 2. The normalized spacial score (nSPS) is 10.4. The number of hydrogen-bond donors (Lipinski definition) is 1. The molecule has 0 aliphatic rings. The summed E-state index contributed by atoms with van der Waals surface area (Å²) in [4.78, 5) is 20.5. The number of carbonyl (C=O) groups is 1. The Labute approximate surface area is 139 Å². The van der Waals surface area contributed by atoms with Crippen molar-refractivity contribution in [2.75, 3.05) is 0 Å². The lowest BCUT2D eigenvalue weighted by atomic mass is 10.1. The number of rotatable bonds is 5. The summed E-state index contributed by atoms with van der Waals surface area (Å²) in [7, 11) is 0. The van der Waals surface area contributed by atoms with E-state index in [9.17, 15) is 9.18 Å². The molecule has 120 valence electrons. The Morgan fingerprint density at radius 3 is 2.50 bits per heavy atom. The van der Waals surface area contributed by atoms with Crippen molar-refractivity contribution in [2.45, 2.75) is 13.0 Å². The number of amides is 1. The first-order chi connectivity index (χ1) is 11.7. The van der Waals surface area contributed by atoms with Gasteiger partial charge >= 0.3 is 0 Å². The monoisotopic (exact) mass is 321 g/mol. The van der Waals surface area contributed by atoms with Crippen molar-refractivity contribution in [1.82, 2.24) is 15.3 Å². The molecule has 5 heteroatoms.